The molecule has 0 saturated carbocycles. The molecule has 0 atom stereocenters. The van der Waals surface area contributed by atoms with Crippen LogP contribution in [-0.2, 0) is 4.46 Å². The fraction of sp³-hybridized carbons (Fsp3) is 0. The Bertz CT molecular complexity index is 3250. The molecule has 300 valence electrons. The van der Waals surface area contributed by atoms with Crippen LogP contribution < -0.4 is 10.4 Å². The maximum atomic E-state index is 14.4. The maximum Gasteiger partial charge on any atom is 0.346 e. The van der Waals surface area contributed by atoms with E-state index < -0.39 is 8.68 Å². The van der Waals surface area contributed by atoms with Crippen molar-refractivity contribution >= 4 is 62.7 Å². The highest BCUT2D eigenvalue weighted by molar-refractivity contribution is 6.73. The molecule has 4 heteroatoms. The SMILES string of the molecule is O=[Si](c1ccc(-n2c3ccc(-c4ccccc4)cc3c3cc(-c4ccccc4)ccc32)cc1)c1ccc(-n2c3ccc(-c4ccccc4)cc3c3cc(-c4ccccc4)ccc32)cc1. The quantitative estimate of drug-likeness (QED) is 0.140. The van der Waals surface area contributed by atoms with E-state index in [1.54, 1.807) is 0 Å². The summed E-state index contributed by atoms with van der Waals surface area (Å²) in [6.45, 7) is 0. The van der Waals surface area contributed by atoms with Crippen LogP contribution in [-0.4, -0.2) is 17.8 Å². The zero-order valence-electron chi connectivity index (χ0n) is 34.9. The monoisotopic (exact) mass is 832 g/mol. The van der Waals surface area contributed by atoms with Gasteiger partial charge < -0.3 is 13.6 Å². The van der Waals surface area contributed by atoms with E-state index in [0.29, 0.717) is 0 Å². The van der Waals surface area contributed by atoms with Crippen molar-refractivity contribution in [3.63, 3.8) is 0 Å². The molecule has 3 nitrogen and oxygen atoms in total. The topological polar surface area (TPSA) is 26.9 Å². The Morgan fingerprint density at radius 2 is 0.500 bits per heavy atom. The highest BCUT2D eigenvalue weighted by atomic mass is 28.3. The number of hydrogen-bond donors (Lipinski definition) is 0. The predicted molar refractivity (Wildman–Crippen MR) is 269 cm³/mol. The molecule has 0 aliphatic carbocycles. The fourth-order valence-electron chi connectivity index (χ4n) is 9.53. The molecule has 0 N–H and O–H groups in total. The Labute approximate surface area is 373 Å². The highest BCUT2D eigenvalue weighted by Gasteiger charge is 2.19. The summed E-state index contributed by atoms with van der Waals surface area (Å²) in [4.78, 5) is 0. The van der Waals surface area contributed by atoms with Crippen molar-refractivity contribution in [2.24, 2.45) is 0 Å². The average molecular weight is 833 g/mol. The molecule has 0 fully saturated rings. The summed E-state index contributed by atoms with van der Waals surface area (Å²) in [7, 11) is -2.29. The van der Waals surface area contributed by atoms with Gasteiger partial charge in [0.1, 0.15) is 0 Å². The molecule has 2 heterocycles. The van der Waals surface area contributed by atoms with Crippen molar-refractivity contribution in [1.82, 2.24) is 9.13 Å². The van der Waals surface area contributed by atoms with Gasteiger partial charge in [-0.1, -0.05) is 170 Å². The van der Waals surface area contributed by atoms with Crippen molar-refractivity contribution in [2.75, 3.05) is 0 Å². The van der Waals surface area contributed by atoms with Crippen molar-refractivity contribution < 1.29 is 4.46 Å². The van der Waals surface area contributed by atoms with Crippen LogP contribution in [0.1, 0.15) is 0 Å². The molecular weight excluding hydrogens is 793 g/mol. The van der Waals surface area contributed by atoms with Crippen LogP contribution in [0.5, 0.6) is 0 Å². The number of fused-ring (bicyclic) bond motifs is 6. The molecule has 0 aliphatic heterocycles. The molecule has 0 radical (unpaired) electrons. The van der Waals surface area contributed by atoms with Gasteiger partial charge in [0.05, 0.1) is 22.1 Å². The molecule has 10 aromatic carbocycles. The number of benzene rings is 10. The van der Waals surface area contributed by atoms with Gasteiger partial charge in [0.15, 0.2) is 0 Å². The lowest BCUT2D eigenvalue weighted by Gasteiger charge is -2.11. The summed E-state index contributed by atoms with van der Waals surface area (Å²) < 4.78 is 19.0. The first-order chi connectivity index (χ1) is 31.6. The van der Waals surface area contributed by atoms with Crippen molar-refractivity contribution in [2.45, 2.75) is 0 Å². The zero-order chi connectivity index (χ0) is 42.6. The van der Waals surface area contributed by atoms with Crippen LogP contribution in [0.2, 0.25) is 0 Å². The van der Waals surface area contributed by atoms with Crippen LogP contribution in [0.3, 0.4) is 0 Å². The number of hydrogen-bond acceptors (Lipinski definition) is 1. The first-order valence-corrected chi connectivity index (χ1v) is 23.2. The smallest absolute Gasteiger partial charge is 0.346 e. The Morgan fingerprint density at radius 3 is 0.750 bits per heavy atom. The van der Waals surface area contributed by atoms with Crippen LogP contribution in [0, 0.1) is 0 Å². The third-order valence-corrected chi connectivity index (χ3v) is 14.4. The van der Waals surface area contributed by atoms with E-state index in [-0.39, 0.29) is 0 Å². The molecule has 0 saturated heterocycles. The molecule has 2 aromatic heterocycles. The highest BCUT2D eigenvalue weighted by Crippen LogP contribution is 2.39. The molecule has 0 amide bonds. The summed E-state index contributed by atoms with van der Waals surface area (Å²) >= 11 is 0. The third kappa shape index (κ3) is 6.51. The lowest BCUT2D eigenvalue weighted by atomic mass is 10.0. The molecule has 0 bridgehead atoms. The van der Waals surface area contributed by atoms with E-state index >= 15 is 0 Å². The predicted octanol–water partition coefficient (Wildman–Crippen LogP) is 14.1. The van der Waals surface area contributed by atoms with E-state index in [0.717, 1.165) is 43.8 Å². The van der Waals surface area contributed by atoms with Gasteiger partial charge in [0.25, 0.3) is 0 Å². The van der Waals surface area contributed by atoms with Crippen molar-refractivity contribution in [3.05, 3.63) is 243 Å². The third-order valence-electron chi connectivity index (χ3n) is 12.7. The minimum Gasteiger partial charge on any atom is -0.376 e. The molecule has 12 rings (SSSR count). The molecular formula is C60H40N2OSi. The Morgan fingerprint density at radius 1 is 0.250 bits per heavy atom. The summed E-state index contributed by atoms with van der Waals surface area (Å²) in [6.07, 6.45) is 0. The van der Waals surface area contributed by atoms with E-state index in [2.05, 4.69) is 228 Å². The van der Waals surface area contributed by atoms with Crippen LogP contribution >= 0.6 is 0 Å². The van der Waals surface area contributed by atoms with Crippen LogP contribution in [0.4, 0.5) is 0 Å². The second-order valence-electron chi connectivity index (χ2n) is 16.5. The van der Waals surface area contributed by atoms with Gasteiger partial charge in [-0.15, -0.1) is 0 Å². The van der Waals surface area contributed by atoms with Gasteiger partial charge in [-0.3, -0.25) is 0 Å². The minimum atomic E-state index is -2.29. The molecule has 64 heavy (non-hydrogen) atoms. The van der Waals surface area contributed by atoms with E-state index in [1.807, 2.05) is 24.3 Å². The maximum absolute atomic E-state index is 14.4. The van der Waals surface area contributed by atoms with Crippen molar-refractivity contribution in [1.29, 1.82) is 0 Å². The van der Waals surface area contributed by atoms with Gasteiger partial charge in [0.2, 0.25) is 0 Å². The largest absolute Gasteiger partial charge is 0.376 e. The van der Waals surface area contributed by atoms with Gasteiger partial charge in [-0.25, -0.2) is 0 Å². The fourth-order valence-corrected chi connectivity index (χ4v) is 10.8. The van der Waals surface area contributed by atoms with E-state index in [4.69, 9.17) is 0 Å². The zero-order valence-corrected chi connectivity index (χ0v) is 35.9. The first-order valence-electron chi connectivity index (χ1n) is 21.8. The summed E-state index contributed by atoms with van der Waals surface area (Å²) in [6, 6.07) is 86.0. The number of rotatable bonds is 8. The normalized spacial score (nSPS) is 11.5. The van der Waals surface area contributed by atoms with E-state index in [9.17, 15) is 4.46 Å². The van der Waals surface area contributed by atoms with Gasteiger partial charge in [-0.2, -0.15) is 0 Å². The first kappa shape index (κ1) is 37.6. The van der Waals surface area contributed by atoms with Crippen LogP contribution in [0.15, 0.2) is 243 Å². The molecule has 12 aromatic rings. The Hall–Kier alpha value is -8.18. The Kier molecular flexibility index (Phi) is 9.17. The molecule has 0 spiro atoms. The number of nitrogens with zero attached hydrogens (tertiary/aromatic N) is 2. The van der Waals surface area contributed by atoms with Gasteiger partial charge in [-0.05, 0) is 117 Å². The summed E-state index contributed by atoms with van der Waals surface area (Å²) in [5.41, 5.74) is 16.1. The standard InChI is InChI=1S/C60H40N2OSi/c63-64(51-29-25-49(26-30-51)61-57-33-21-45(41-13-5-1-6-14-41)37-53(57)54-38-46(22-34-58(54)61)42-15-7-2-8-16-42)52-31-27-50(28-32-52)62-59-35-23-47(43-17-9-3-10-18-43)39-55(59)56-40-48(24-36-60(56)62)44-19-11-4-12-20-44/h1-40H. The second-order valence-corrected chi connectivity index (χ2v) is 18.3. The molecule has 0 aliphatic rings. The Balaban J connectivity index is 0.899. The van der Waals surface area contributed by atoms with Crippen LogP contribution in [0.25, 0.3) is 99.5 Å². The number of aromatic nitrogens is 2. The molecule has 0 unspecified atom stereocenters. The van der Waals surface area contributed by atoms with Crippen molar-refractivity contribution in [3.8, 4) is 55.9 Å². The van der Waals surface area contributed by atoms with E-state index in [1.165, 1.54) is 66.1 Å². The van der Waals surface area contributed by atoms with Gasteiger partial charge in [0, 0.05) is 43.3 Å². The lowest BCUT2D eigenvalue weighted by Crippen LogP contribution is -2.33. The minimum absolute atomic E-state index is 0.832. The second kappa shape index (κ2) is 15.6. The van der Waals surface area contributed by atoms with Gasteiger partial charge >= 0.3 is 8.68 Å². The summed E-state index contributed by atoms with van der Waals surface area (Å²) in [5.74, 6) is 0. The average Bonchev–Trinajstić information content (AvgIpc) is 3.88. The lowest BCUT2D eigenvalue weighted by molar-refractivity contribution is 0.575. The summed E-state index contributed by atoms with van der Waals surface area (Å²) in [5, 5.41) is 6.45.